The van der Waals surface area contributed by atoms with Gasteiger partial charge < -0.3 is 10.1 Å². The Balaban J connectivity index is 1.56. The SMILES string of the molecule is COc1cccc2c1CC[C@@H](NCCc1cccs1)C2. The molecular formula is C17H21NOS. The van der Waals surface area contributed by atoms with E-state index in [1.54, 1.807) is 7.11 Å². The number of benzene rings is 1. The number of methoxy groups -OCH3 is 1. The van der Waals surface area contributed by atoms with E-state index in [-0.39, 0.29) is 0 Å². The fourth-order valence-corrected chi connectivity index (χ4v) is 3.70. The molecule has 1 atom stereocenters. The molecule has 2 aromatic rings. The molecule has 0 saturated carbocycles. The Labute approximate surface area is 124 Å². The number of thiophene rings is 1. The van der Waals surface area contributed by atoms with Crippen LogP contribution in [0.3, 0.4) is 0 Å². The number of hydrogen-bond donors (Lipinski definition) is 1. The van der Waals surface area contributed by atoms with Gasteiger partial charge in [0.15, 0.2) is 0 Å². The summed E-state index contributed by atoms with van der Waals surface area (Å²) in [5, 5.41) is 5.86. The third kappa shape index (κ3) is 3.05. The topological polar surface area (TPSA) is 21.3 Å². The Morgan fingerprint density at radius 1 is 1.30 bits per heavy atom. The van der Waals surface area contributed by atoms with Gasteiger partial charge in [0.2, 0.25) is 0 Å². The van der Waals surface area contributed by atoms with Crippen LogP contribution in [0.15, 0.2) is 35.7 Å². The van der Waals surface area contributed by atoms with Gasteiger partial charge in [0.1, 0.15) is 5.75 Å². The molecule has 0 fully saturated rings. The molecule has 0 radical (unpaired) electrons. The average Bonchev–Trinajstić information content (AvgIpc) is 2.99. The zero-order chi connectivity index (χ0) is 13.8. The van der Waals surface area contributed by atoms with Gasteiger partial charge in [0.25, 0.3) is 0 Å². The lowest BCUT2D eigenvalue weighted by molar-refractivity contribution is 0.397. The first kappa shape index (κ1) is 13.7. The minimum absolute atomic E-state index is 0.606. The van der Waals surface area contributed by atoms with Crippen molar-refractivity contribution in [3.63, 3.8) is 0 Å². The molecular weight excluding hydrogens is 266 g/mol. The normalized spacial score (nSPS) is 17.8. The Morgan fingerprint density at radius 3 is 3.05 bits per heavy atom. The van der Waals surface area contributed by atoms with Gasteiger partial charge in [-0.15, -0.1) is 11.3 Å². The van der Waals surface area contributed by atoms with Crippen molar-refractivity contribution in [1.29, 1.82) is 0 Å². The molecule has 20 heavy (non-hydrogen) atoms. The van der Waals surface area contributed by atoms with Crippen LogP contribution in [-0.4, -0.2) is 19.7 Å². The highest BCUT2D eigenvalue weighted by molar-refractivity contribution is 7.09. The molecule has 0 bridgehead atoms. The second kappa shape index (κ2) is 6.42. The molecule has 3 heteroatoms. The molecule has 0 aliphatic heterocycles. The van der Waals surface area contributed by atoms with Crippen LogP contribution in [0.25, 0.3) is 0 Å². The van der Waals surface area contributed by atoms with Gasteiger partial charge in [-0.1, -0.05) is 18.2 Å². The van der Waals surface area contributed by atoms with E-state index in [4.69, 9.17) is 4.74 Å². The first-order valence-corrected chi connectivity index (χ1v) is 8.15. The minimum atomic E-state index is 0.606. The summed E-state index contributed by atoms with van der Waals surface area (Å²) in [5.74, 6) is 1.06. The third-order valence-electron chi connectivity index (χ3n) is 4.04. The van der Waals surface area contributed by atoms with Gasteiger partial charge >= 0.3 is 0 Å². The molecule has 3 rings (SSSR count). The maximum Gasteiger partial charge on any atom is 0.122 e. The molecule has 1 heterocycles. The van der Waals surface area contributed by atoms with E-state index < -0.39 is 0 Å². The summed E-state index contributed by atoms with van der Waals surface area (Å²) in [4.78, 5) is 1.47. The zero-order valence-electron chi connectivity index (χ0n) is 11.9. The van der Waals surface area contributed by atoms with Crippen molar-refractivity contribution in [1.82, 2.24) is 5.32 Å². The maximum atomic E-state index is 5.46. The van der Waals surface area contributed by atoms with Crippen molar-refractivity contribution in [2.45, 2.75) is 31.7 Å². The second-order valence-electron chi connectivity index (χ2n) is 5.32. The summed E-state index contributed by atoms with van der Waals surface area (Å²) in [5.41, 5.74) is 2.86. The summed E-state index contributed by atoms with van der Waals surface area (Å²) in [6.45, 7) is 1.07. The number of ether oxygens (including phenoxy) is 1. The average molecular weight is 287 g/mol. The van der Waals surface area contributed by atoms with E-state index in [1.165, 1.54) is 22.4 Å². The molecule has 1 aromatic heterocycles. The predicted molar refractivity (Wildman–Crippen MR) is 84.8 cm³/mol. The van der Waals surface area contributed by atoms with Gasteiger partial charge in [-0.3, -0.25) is 0 Å². The summed E-state index contributed by atoms with van der Waals surface area (Å²) in [6.07, 6.45) is 4.59. The fraction of sp³-hybridized carbons (Fsp3) is 0.412. The molecule has 1 N–H and O–H groups in total. The van der Waals surface area contributed by atoms with Crippen molar-refractivity contribution in [2.75, 3.05) is 13.7 Å². The smallest absolute Gasteiger partial charge is 0.122 e. The van der Waals surface area contributed by atoms with Gasteiger partial charge in [0.05, 0.1) is 7.11 Å². The highest BCUT2D eigenvalue weighted by atomic mass is 32.1. The van der Waals surface area contributed by atoms with Crippen LogP contribution >= 0.6 is 11.3 Å². The van der Waals surface area contributed by atoms with E-state index in [9.17, 15) is 0 Å². The summed E-state index contributed by atoms with van der Waals surface area (Å²) >= 11 is 1.85. The number of hydrogen-bond acceptors (Lipinski definition) is 3. The lowest BCUT2D eigenvalue weighted by atomic mass is 9.87. The highest BCUT2D eigenvalue weighted by Gasteiger charge is 2.20. The zero-order valence-corrected chi connectivity index (χ0v) is 12.7. The van der Waals surface area contributed by atoms with E-state index >= 15 is 0 Å². The maximum absolute atomic E-state index is 5.46. The van der Waals surface area contributed by atoms with Crippen LogP contribution in [0.5, 0.6) is 5.75 Å². The Hall–Kier alpha value is -1.32. The van der Waals surface area contributed by atoms with Crippen molar-refractivity contribution >= 4 is 11.3 Å². The lowest BCUT2D eigenvalue weighted by Gasteiger charge is -2.26. The molecule has 0 saturated heterocycles. The highest BCUT2D eigenvalue weighted by Crippen LogP contribution is 2.29. The summed E-state index contributed by atoms with van der Waals surface area (Å²) < 4.78 is 5.46. The van der Waals surface area contributed by atoms with E-state index in [1.807, 2.05) is 11.3 Å². The minimum Gasteiger partial charge on any atom is -0.496 e. The third-order valence-corrected chi connectivity index (χ3v) is 4.98. The van der Waals surface area contributed by atoms with Crippen molar-refractivity contribution in [3.05, 3.63) is 51.7 Å². The molecule has 2 nitrogen and oxygen atoms in total. The van der Waals surface area contributed by atoms with E-state index in [2.05, 4.69) is 41.0 Å². The first-order valence-electron chi connectivity index (χ1n) is 7.27. The molecule has 1 aliphatic carbocycles. The van der Waals surface area contributed by atoms with Gasteiger partial charge in [0, 0.05) is 17.5 Å². The van der Waals surface area contributed by atoms with Crippen molar-refractivity contribution in [2.24, 2.45) is 0 Å². The number of rotatable bonds is 5. The van der Waals surface area contributed by atoms with Crippen LogP contribution in [-0.2, 0) is 19.3 Å². The molecule has 1 aliphatic rings. The Bertz CT molecular complexity index is 550. The fourth-order valence-electron chi connectivity index (χ4n) is 2.99. The standard InChI is InChI=1S/C17H21NOS/c1-19-17-6-2-4-13-12-14(7-8-16(13)17)18-10-9-15-5-3-11-20-15/h2-6,11,14,18H,7-10,12H2,1H3/t14-/m1/s1. The van der Waals surface area contributed by atoms with E-state index in [0.29, 0.717) is 6.04 Å². The van der Waals surface area contributed by atoms with Gasteiger partial charge in [-0.25, -0.2) is 0 Å². The largest absolute Gasteiger partial charge is 0.496 e. The summed E-state index contributed by atoms with van der Waals surface area (Å²) in [7, 11) is 1.76. The van der Waals surface area contributed by atoms with Gasteiger partial charge in [-0.2, -0.15) is 0 Å². The second-order valence-corrected chi connectivity index (χ2v) is 6.35. The number of nitrogens with one attached hydrogen (secondary N) is 1. The van der Waals surface area contributed by atoms with Crippen LogP contribution in [0, 0.1) is 0 Å². The van der Waals surface area contributed by atoms with Crippen LogP contribution in [0.2, 0.25) is 0 Å². The monoisotopic (exact) mass is 287 g/mol. The molecule has 0 spiro atoms. The number of fused-ring (bicyclic) bond motifs is 1. The molecule has 0 amide bonds. The van der Waals surface area contributed by atoms with Crippen LogP contribution in [0.1, 0.15) is 22.4 Å². The van der Waals surface area contributed by atoms with E-state index in [0.717, 1.165) is 31.6 Å². The molecule has 106 valence electrons. The van der Waals surface area contributed by atoms with Crippen molar-refractivity contribution in [3.8, 4) is 5.75 Å². The Morgan fingerprint density at radius 2 is 2.25 bits per heavy atom. The molecule has 1 aromatic carbocycles. The van der Waals surface area contributed by atoms with Gasteiger partial charge in [-0.05, 0) is 54.3 Å². The van der Waals surface area contributed by atoms with Crippen molar-refractivity contribution < 1.29 is 4.74 Å². The quantitative estimate of drug-likeness (QED) is 0.909. The summed E-state index contributed by atoms with van der Waals surface area (Å²) in [6, 6.07) is 11.4. The Kier molecular flexibility index (Phi) is 4.38. The predicted octanol–water partition coefficient (Wildman–Crippen LogP) is 3.45. The van der Waals surface area contributed by atoms with Crippen LogP contribution < -0.4 is 10.1 Å². The molecule has 0 unspecified atom stereocenters. The first-order chi connectivity index (χ1) is 9.86. The lowest BCUT2D eigenvalue weighted by Crippen LogP contribution is -2.35. The van der Waals surface area contributed by atoms with Crippen LogP contribution in [0.4, 0.5) is 0 Å².